The number of amides is 1. The molecule has 0 saturated carbocycles. The molecule has 0 aliphatic carbocycles. The molecule has 0 bridgehead atoms. The van der Waals surface area contributed by atoms with Crippen LogP contribution in [-0.4, -0.2) is 41.2 Å². The van der Waals surface area contributed by atoms with E-state index >= 15 is 0 Å². The number of carbonyl (C=O) groups is 1. The van der Waals surface area contributed by atoms with Gasteiger partial charge in [0.2, 0.25) is 0 Å². The normalized spacial score (nSPS) is 9.93. The average Bonchev–Trinajstić information content (AvgIpc) is 2.30. The molecule has 6 heteroatoms. The highest BCUT2D eigenvalue weighted by molar-refractivity contribution is 9.09. The van der Waals surface area contributed by atoms with Crippen LogP contribution in [0.5, 0.6) is 0 Å². The van der Waals surface area contributed by atoms with E-state index in [4.69, 9.17) is 4.74 Å². The summed E-state index contributed by atoms with van der Waals surface area (Å²) in [5, 5.41) is 10.7. The van der Waals surface area contributed by atoms with Gasteiger partial charge in [0, 0.05) is 11.9 Å². The third kappa shape index (κ3) is 4.85. The van der Waals surface area contributed by atoms with Crippen molar-refractivity contribution in [1.82, 2.24) is 15.5 Å². The van der Waals surface area contributed by atoms with Gasteiger partial charge in [0.05, 0.1) is 31.2 Å². The van der Waals surface area contributed by atoms with Gasteiger partial charge in [-0.3, -0.25) is 4.79 Å². The van der Waals surface area contributed by atoms with Crippen LogP contribution in [0.1, 0.15) is 10.4 Å². The summed E-state index contributed by atoms with van der Waals surface area (Å²) in [6.07, 6.45) is 2.91. The summed E-state index contributed by atoms with van der Waals surface area (Å²) in [5.41, 5.74) is 0.505. The van der Waals surface area contributed by atoms with Crippen molar-refractivity contribution in [2.75, 3.05) is 25.1 Å². The fourth-order valence-electron chi connectivity index (χ4n) is 0.920. The Morgan fingerprint density at radius 1 is 1.47 bits per heavy atom. The lowest BCUT2D eigenvalue weighted by atomic mass is 10.3. The fraction of sp³-hybridized carbons (Fsp3) is 0.444. The number of nitrogens with zero attached hydrogens (tertiary/aromatic N) is 2. The second-order valence-corrected chi connectivity index (χ2v) is 3.48. The van der Waals surface area contributed by atoms with Gasteiger partial charge in [-0.2, -0.15) is 10.2 Å². The largest absolute Gasteiger partial charge is 0.379 e. The number of hydrogen-bond donors (Lipinski definition) is 1. The molecular weight excluding hydrogens is 262 g/mol. The van der Waals surface area contributed by atoms with Gasteiger partial charge >= 0.3 is 0 Å². The minimum atomic E-state index is -0.160. The van der Waals surface area contributed by atoms with Crippen molar-refractivity contribution in [3.8, 4) is 0 Å². The number of alkyl halides is 1. The lowest BCUT2D eigenvalue weighted by molar-refractivity contribution is 0.0923. The molecule has 0 fully saturated rings. The van der Waals surface area contributed by atoms with E-state index in [9.17, 15) is 4.79 Å². The van der Waals surface area contributed by atoms with E-state index in [0.29, 0.717) is 25.3 Å². The Bertz CT molecular complexity index is 295. The maximum Gasteiger partial charge on any atom is 0.253 e. The molecule has 0 spiro atoms. The Morgan fingerprint density at radius 2 is 2.33 bits per heavy atom. The van der Waals surface area contributed by atoms with Gasteiger partial charge in [0.1, 0.15) is 0 Å². The van der Waals surface area contributed by atoms with Gasteiger partial charge in [0.15, 0.2) is 0 Å². The molecule has 5 nitrogen and oxygen atoms in total. The van der Waals surface area contributed by atoms with E-state index in [2.05, 4.69) is 31.4 Å². The molecule has 0 aliphatic heterocycles. The molecule has 0 radical (unpaired) electrons. The summed E-state index contributed by atoms with van der Waals surface area (Å²) < 4.78 is 5.18. The number of rotatable bonds is 6. The van der Waals surface area contributed by atoms with Gasteiger partial charge in [-0.05, 0) is 6.07 Å². The van der Waals surface area contributed by atoms with Crippen LogP contribution >= 0.6 is 15.9 Å². The fourth-order valence-corrected chi connectivity index (χ4v) is 1.15. The molecule has 1 N–H and O–H groups in total. The highest BCUT2D eigenvalue weighted by Crippen LogP contribution is 1.92. The molecule has 0 aliphatic rings. The van der Waals surface area contributed by atoms with Crippen LogP contribution in [-0.2, 0) is 4.74 Å². The summed E-state index contributed by atoms with van der Waals surface area (Å²) in [4.78, 5) is 11.4. The Balaban J connectivity index is 2.20. The van der Waals surface area contributed by atoms with Crippen molar-refractivity contribution in [2.45, 2.75) is 0 Å². The third-order valence-electron chi connectivity index (χ3n) is 1.60. The van der Waals surface area contributed by atoms with Gasteiger partial charge < -0.3 is 10.1 Å². The average molecular weight is 274 g/mol. The zero-order valence-corrected chi connectivity index (χ0v) is 9.74. The number of halogens is 1. The van der Waals surface area contributed by atoms with Gasteiger partial charge in [-0.15, -0.1) is 0 Å². The SMILES string of the molecule is O=C(NCCOCCBr)c1ccnnc1. The highest BCUT2D eigenvalue weighted by Gasteiger charge is 2.03. The lowest BCUT2D eigenvalue weighted by Gasteiger charge is -2.04. The Morgan fingerprint density at radius 3 is 3.00 bits per heavy atom. The van der Waals surface area contributed by atoms with Crippen molar-refractivity contribution in [2.24, 2.45) is 0 Å². The van der Waals surface area contributed by atoms with Crippen LogP contribution in [0.2, 0.25) is 0 Å². The molecule has 1 rings (SSSR count). The maximum atomic E-state index is 11.4. The maximum absolute atomic E-state index is 11.4. The first-order valence-electron chi connectivity index (χ1n) is 4.53. The molecular formula is C9H12BrN3O2. The highest BCUT2D eigenvalue weighted by atomic mass is 79.9. The first kappa shape index (κ1) is 12.1. The van der Waals surface area contributed by atoms with Crippen molar-refractivity contribution in [3.05, 3.63) is 24.0 Å². The zero-order chi connectivity index (χ0) is 10.9. The van der Waals surface area contributed by atoms with Gasteiger partial charge in [-0.1, -0.05) is 15.9 Å². The van der Waals surface area contributed by atoms with Crippen LogP contribution in [0.3, 0.4) is 0 Å². The summed E-state index contributed by atoms with van der Waals surface area (Å²) in [6, 6.07) is 1.61. The number of aromatic nitrogens is 2. The molecule has 0 atom stereocenters. The van der Waals surface area contributed by atoms with E-state index in [0.717, 1.165) is 5.33 Å². The van der Waals surface area contributed by atoms with Crippen molar-refractivity contribution in [3.63, 3.8) is 0 Å². The third-order valence-corrected chi connectivity index (χ3v) is 1.92. The first-order chi connectivity index (χ1) is 7.34. The van der Waals surface area contributed by atoms with Gasteiger partial charge in [-0.25, -0.2) is 0 Å². The first-order valence-corrected chi connectivity index (χ1v) is 5.65. The molecule has 0 unspecified atom stereocenters. The Hall–Kier alpha value is -1.01. The predicted molar refractivity (Wildman–Crippen MR) is 59.0 cm³/mol. The van der Waals surface area contributed by atoms with E-state index < -0.39 is 0 Å². The monoisotopic (exact) mass is 273 g/mol. The molecule has 15 heavy (non-hydrogen) atoms. The van der Waals surface area contributed by atoms with Crippen LogP contribution in [0.15, 0.2) is 18.5 Å². The van der Waals surface area contributed by atoms with E-state index in [1.54, 1.807) is 6.07 Å². The summed E-state index contributed by atoms with van der Waals surface area (Å²) in [5.74, 6) is -0.160. The second kappa shape index (κ2) is 7.30. The molecule has 82 valence electrons. The van der Waals surface area contributed by atoms with E-state index in [-0.39, 0.29) is 5.91 Å². The van der Waals surface area contributed by atoms with Crippen LogP contribution in [0, 0.1) is 0 Å². The molecule has 1 aromatic heterocycles. The molecule has 1 amide bonds. The molecule has 1 aromatic rings. The number of nitrogens with one attached hydrogen (secondary N) is 1. The van der Waals surface area contributed by atoms with E-state index in [1.165, 1.54) is 12.4 Å². The minimum Gasteiger partial charge on any atom is -0.379 e. The number of carbonyl (C=O) groups excluding carboxylic acids is 1. The molecule has 0 aromatic carbocycles. The van der Waals surface area contributed by atoms with Gasteiger partial charge in [0.25, 0.3) is 5.91 Å². The predicted octanol–water partition coefficient (Wildman–Crippen LogP) is 0.618. The van der Waals surface area contributed by atoms with Crippen LogP contribution in [0.25, 0.3) is 0 Å². The van der Waals surface area contributed by atoms with E-state index in [1.807, 2.05) is 0 Å². The topological polar surface area (TPSA) is 64.1 Å². The zero-order valence-electron chi connectivity index (χ0n) is 8.15. The summed E-state index contributed by atoms with van der Waals surface area (Å²) in [7, 11) is 0. The lowest BCUT2D eigenvalue weighted by Crippen LogP contribution is -2.27. The Labute approximate surface area is 96.4 Å². The smallest absolute Gasteiger partial charge is 0.253 e. The quantitative estimate of drug-likeness (QED) is 0.610. The molecule has 1 heterocycles. The van der Waals surface area contributed by atoms with Crippen molar-refractivity contribution < 1.29 is 9.53 Å². The number of hydrogen-bond acceptors (Lipinski definition) is 4. The number of ether oxygens (including phenoxy) is 1. The standard InChI is InChI=1S/C9H12BrN3O2/c10-2-5-15-6-4-11-9(14)8-1-3-12-13-7-8/h1,3,7H,2,4-6H2,(H,11,14). The minimum absolute atomic E-state index is 0.160. The molecule has 0 saturated heterocycles. The Kier molecular flexibility index (Phi) is 5.87. The van der Waals surface area contributed by atoms with Crippen molar-refractivity contribution in [1.29, 1.82) is 0 Å². The summed E-state index contributed by atoms with van der Waals surface area (Å²) >= 11 is 3.24. The van der Waals surface area contributed by atoms with Crippen LogP contribution < -0.4 is 5.32 Å². The van der Waals surface area contributed by atoms with Crippen LogP contribution in [0.4, 0.5) is 0 Å². The second-order valence-electron chi connectivity index (χ2n) is 2.69. The van der Waals surface area contributed by atoms with Crippen molar-refractivity contribution >= 4 is 21.8 Å². The summed E-state index contributed by atoms with van der Waals surface area (Å²) in [6.45, 7) is 1.65.